The molecule has 1 saturated heterocycles. The molecule has 21 heavy (non-hydrogen) atoms. The normalized spacial score (nSPS) is 16.8. The lowest BCUT2D eigenvalue weighted by Gasteiger charge is -2.21. The summed E-state index contributed by atoms with van der Waals surface area (Å²) in [4.78, 5) is 16.9. The van der Waals surface area contributed by atoms with Crippen molar-refractivity contribution in [2.75, 3.05) is 38.1 Å². The average Bonchev–Trinajstić information content (AvgIpc) is 2.69. The molecule has 0 unspecified atom stereocenters. The lowest BCUT2D eigenvalue weighted by Crippen LogP contribution is -2.36. The zero-order valence-corrected chi connectivity index (χ0v) is 14.7. The van der Waals surface area contributed by atoms with Crippen molar-refractivity contribution in [3.8, 4) is 0 Å². The standard InChI is InChI=1S/C17H25BrN2O/c1-14-4-5-16(12-15(14)2)13-17(21)20-8-3-7-19(9-6-18)10-11-20/h4-5,12H,3,6-11,13H2,1-2H3. The van der Waals surface area contributed by atoms with Crippen LogP contribution in [0.4, 0.5) is 0 Å². The van der Waals surface area contributed by atoms with Gasteiger partial charge in [0.15, 0.2) is 0 Å². The van der Waals surface area contributed by atoms with Crippen LogP contribution in [0.2, 0.25) is 0 Å². The van der Waals surface area contributed by atoms with Crippen molar-refractivity contribution >= 4 is 21.8 Å². The molecule has 1 amide bonds. The summed E-state index contributed by atoms with van der Waals surface area (Å²) in [7, 11) is 0. The number of nitrogens with zero attached hydrogens (tertiary/aromatic N) is 2. The predicted octanol–water partition coefficient (Wildman–Crippen LogP) is 2.78. The smallest absolute Gasteiger partial charge is 0.227 e. The molecule has 0 N–H and O–H groups in total. The SMILES string of the molecule is Cc1ccc(CC(=O)N2CCCN(CCBr)CC2)cc1C. The Balaban J connectivity index is 1.92. The number of amides is 1. The maximum atomic E-state index is 12.5. The Labute approximate surface area is 136 Å². The highest BCUT2D eigenvalue weighted by Gasteiger charge is 2.18. The van der Waals surface area contributed by atoms with Gasteiger partial charge in [-0.1, -0.05) is 34.1 Å². The van der Waals surface area contributed by atoms with Crippen LogP contribution in [-0.2, 0) is 11.2 Å². The van der Waals surface area contributed by atoms with Crippen molar-refractivity contribution in [2.24, 2.45) is 0 Å². The molecule has 0 bridgehead atoms. The van der Waals surface area contributed by atoms with Gasteiger partial charge in [0.05, 0.1) is 6.42 Å². The molecule has 0 atom stereocenters. The van der Waals surface area contributed by atoms with Gasteiger partial charge in [0, 0.05) is 31.5 Å². The fourth-order valence-corrected chi connectivity index (χ4v) is 3.26. The van der Waals surface area contributed by atoms with Crippen molar-refractivity contribution in [1.82, 2.24) is 9.80 Å². The molecular weight excluding hydrogens is 328 g/mol. The second kappa shape index (κ2) is 7.95. The first-order valence-corrected chi connectivity index (χ1v) is 8.84. The zero-order chi connectivity index (χ0) is 15.2. The van der Waals surface area contributed by atoms with Crippen LogP contribution in [0.5, 0.6) is 0 Å². The van der Waals surface area contributed by atoms with E-state index in [1.807, 2.05) is 4.90 Å². The van der Waals surface area contributed by atoms with Gasteiger partial charge in [-0.05, 0) is 43.5 Å². The highest BCUT2D eigenvalue weighted by Crippen LogP contribution is 2.12. The highest BCUT2D eigenvalue weighted by atomic mass is 79.9. The van der Waals surface area contributed by atoms with E-state index in [0.29, 0.717) is 6.42 Å². The van der Waals surface area contributed by atoms with E-state index in [1.165, 1.54) is 11.1 Å². The lowest BCUT2D eigenvalue weighted by molar-refractivity contribution is -0.130. The van der Waals surface area contributed by atoms with Crippen LogP contribution >= 0.6 is 15.9 Å². The van der Waals surface area contributed by atoms with Gasteiger partial charge >= 0.3 is 0 Å². The Morgan fingerprint density at radius 2 is 1.95 bits per heavy atom. The first-order chi connectivity index (χ1) is 10.1. The number of carbonyl (C=O) groups is 1. The van der Waals surface area contributed by atoms with Crippen LogP contribution in [0.1, 0.15) is 23.1 Å². The number of hydrogen-bond acceptors (Lipinski definition) is 2. The molecular formula is C17H25BrN2O. The van der Waals surface area contributed by atoms with Crippen molar-refractivity contribution in [3.63, 3.8) is 0 Å². The molecule has 1 aliphatic rings. The van der Waals surface area contributed by atoms with Crippen molar-refractivity contribution in [2.45, 2.75) is 26.7 Å². The Hall–Kier alpha value is -0.870. The Morgan fingerprint density at radius 1 is 1.14 bits per heavy atom. The zero-order valence-electron chi connectivity index (χ0n) is 13.1. The topological polar surface area (TPSA) is 23.6 Å². The minimum absolute atomic E-state index is 0.263. The van der Waals surface area contributed by atoms with E-state index < -0.39 is 0 Å². The maximum Gasteiger partial charge on any atom is 0.227 e. The molecule has 1 aliphatic heterocycles. The van der Waals surface area contributed by atoms with Crippen molar-refractivity contribution in [3.05, 3.63) is 34.9 Å². The third-order valence-corrected chi connectivity index (χ3v) is 4.62. The van der Waals surface area contributed by atoms with Gasteiger partial charge in [0.1, 0.15) is 0 Å². The van der Waals surface area contributed by atoms with Gasteiger partial charge in [-0.3, -0.25) is 4.79 Å². The van der Waals surface area contributed by atoms with E-state index in [4.69, 9.17) is 0 Å². The van der Waals surface area contributed by atoms with Gasteiger partial charge in [-0.2, -0.15) is 0 Å². The highest BCUT2D eigenvalue weighted by molar-refractivity contribution is 9.09. The summed E-state index contributed by atoms with van der Waals surface area (Å²) in [5, 5.41) is 1.00. The Kier molecular flexibility index (Phi) is 6.24. The average molecular weight is 353 g/mol. The minimum Gasteiger partial charge on any atom is -0.341 e. The molecule has 1 aromatic rings. The quantitative estimate of drug-likeness (QED) is 0.778. The van der Waals surface area contributed by atoms with Crippen LogP contribution in [0.15, 0.2) is 18.2 Å². The van der Waals surface area contributed by atoms with E-state index in [-0.39, 0.29) is 5.91 Å². The Morgan fingerprint density at radius 3 is 2.67 bits per heavy atom. The fraction of sp³-hybridized carbons (Fsp3) is 0.588. The van der Waals surface area contributed by atoms with Crippen molar-refractivity contribution < 1.29 is 4.79 Å². The molecule has 3 nitrogen and oxygen atoms in total. The summed E-state index contributed by atoms with van der Waals surface area (Å²) in [5.41, 5.74) is 3.68. The number of hydrogen-bond donors (Lipinski definition) is 0. The summed E-state index contributed by atoms with van der Waals surface area (Å²) < 4.78 is 0. The fourth-order valence-electron chi connectivity index (χ4n) is 2.76. The van der Waals surface area contributed by atoms with E-state index in [0.717, 1.165) is 50.0 Å². The number of aryl methyl sites for hydroxylation is 2. The monoisotopic (exact) mass is 352 g/mol. The number of benzene rings is 1. The van der Waals surface area contributed by atoms with E-state index in [2.05, 4.69) is 52.9 Å². The minimum atomic E-state index is 0.263. The summed E-state index contributed by atoms with van der Waals surface area (Å²) in [5.74, 6) is 0.263. The van der Waals surface area contributed by atoms with Crippen molar-refractivity contribution in [1.29, 1.82) is 0 Å². The molecule has 0 radical (unpaired) electrons. The van der Waals surface area contributed by atoms with E-state index in [9.17, 15) is 4.79 Å². The van der Waals surface area contributed by atoms with Gasteiger partial charge in [0.2, 0.25) is 5.91 Å². The number of rotatable bonds is 4. The third kappa shape index (κ3) is 4.82. The molecule has 1 fully saturated rings. The van der Waals surface area contributed by atoms with Crippen LogP contribution < -0.4 is 0 Å². The molecule has 0 spiro atoms. The van der Waals surface area contributed by atoms with Crippen LogP contribution in [-0.4, -0.2) is 53.8 Å². The molecule has 1 aromatic carbocycles. The molecule has 0 aliphatic carbocycles. The van der Waals surface area contributed by atoms with Crippen LogP contribution in [0.3, 0.4) is 0 Å². The second-order valence-electron chi connectivity index (χ2n) is 5.86. The lowest BCUT2D eigenvalue weighted by atomic mass is 10.0. The first kappa shape index (κ1) is 16.5. The molecule has 2 rings (SSSR count). The summed E-state index contributed by atoms with van der Waals surface area (Å²) >= 11 is 3.49. The maximum absolute atomic E-state index is 12.5. The third-order valence-electron chi connectivity index (χ3n) is 4.27. The van der Waals surface area contributed by atoms with E-state index in [1.54, 1.807) is 0 Å². The number of alkyl halides is 1. The summed E-state index contributed by atoms with van der Waals surface area (Å²) in [6.45, 7) is 9.11. The molecule has 0 saturated carbocycles. The van der Waals surface area contributed by atoms with Gasteiger partial charge in [-0.15, -0.1) is 0 Å². The van der Waals surface area contributed by atoms with Crippen LogP contribution in [0, 0.1) is 13.8 Å². The van der Waals surface area contributed by atoms with Crippen LogP contribution in [0.25, 0.3) is 0 Å². The number of halogens is 1. The molecule has 4 heteroatoms. The van der Waals surface area contributed by atoms with E-state index >= 15 is 0 Å². The van der Waals surface area contributed by atoms with Gasteiger partial charge in [0.25, 0.3) is 0 Å². The van der Waals surface area contributed by atoms with Gasteiger partial charge < -0.3 is 9.80 Å². The summed E-state index contributed by atoms with van der Waals surface area (Å²) in [6.07, 6.45) is 1.60. The first-order valence-electron chi connectivity index (χ1n) is 7.72. The molecule has 1 heterocycles. The predicted molar refractivity (Wildman–Crippen MR) is 91.1 cm³/mol. The summed E-state index contributed by atoms with van der Waals surface area (Å²) in [6, 6.07) is 6.33. The largest absolute Gasteiger partial charge is 0.341 e. The molecule has 116 valence electrons. The van der Waals surface area contributed by atoms with Gasteiger partial charge in [-0.25, -0.2) is 0 Å². The number of carbonyl (C=O) groups excluding carboxylic acids is 1. The molecule has 0 aromatic heterocycles. The Bertz CT molecular complexity index is 490. The second-order valence-corrected chi connectivity index (χ2v) is 6.65.